The lowest BCUT2D eigenvalue weighted by molar-refractivity contribution is 0.249. The average Bonchev–Trinajstić information content (AvgIpc) is 3.02. The highest BCUT2D eigenvalue weighted by molar-refractivity contribution is 14.0. The predicted molar refractivity (Wildman–Crippen MR) is 115 cm³/mol. The maximum atomic E-state index is 13.6. The van der Waals surface area contributed by atoms with Crippen LogP contribution < -0.4 is 5.32 Å². The van der Waals surface area contributed by atoms with Crippen molar-refractivity contribution in [3.63, 3.8) is 0 Å². The van der Waals surface area contributed by atoms with E-state index in [0.29, 0.717) is 6.04 Å². The second kappa shape index (κ2) is 8.42. The Morgan fingerprint density at radius 2 is 2.04 bits per heavy atom. The first-order valence-electron chi connectivity index (χ1n) is 9.66. The number of benzene rings is 1. The number of hydrogen-bond acceptors (Lipinski definition) is 2. The molecular formula is C20H30FIN4. The molecule has 0 aromatic heterocycles. The molecule has 1 aromatic carbocycles. The lowest BCUT2D eigenvalue weighted by Gasteiger charge is -2.26. The molecule has 1 aliphatic carbocycles. The van der Waals surface area contributed by atoms with E-state index in [4.69, 9.17) is 0 Å². The lowest BCUT2D eigenvalue weighted by Crippen LogP contribution is -2.44. The van der Waals surface area contributed by atoms with Crippen LogP contribution >= 0.6 is 24.0 Å². The number of rotatable bonds is 4. The maximum absolute atomic E-state index is 13.6. The van der Waals surface area contributed by atoms with Gasteiger partial charge in [0.1, 0.15) is 5.82 Å². The van der Waals surface area contributed by atoms with Crippen LogP contribution in [-0.4, -0.2) is 61.6 Å². The van der Waals surface area contributed by atoms with Crippen LogP contribution in [0, 0.1) is 5.82 Å². The normalized spacial score (nSPS) is 25.2. The fraction of sp³-hybridized carbons (Fsp3) is 0.650. The minimum Gasteiger partial charge on any atom is -0.355 e. The average molecular weight is 472 g/mol. The highest BCUT2D eigenvalue weighted by atomic mass is 127. The van der Waals surface area contributed by atoms with Crippen LogP contribution in [0.25, 0.3) is 0 Å². The molecule has 26 heavy (non-hydrogen) atoms. The van der Waals surface area contributed by atoms with Gasteiger partial charge in [-0.15, -0.1) is 24.0 Å². The molecule has 2 saturated heterocycles. The van der Waals surface area contributed by atoms with Gasteiger partial charge in [-0.1, -0.05) is 12.1 Å². The van der Waals surface area contributed by atoms with E-state index in [2.05, 4.69) is 26.2 Å². The third-order valence-corrected chi connectivity index (χ3v) is 6.21. The van der Waals surface area contributed by atoms with Crippen molar-refractivity contribution in [2.45, 2.75) is 43.6 Å². The maximum Gasteiger partial charge on any atom is 0.193 e. The molecule has 0 amide bonds. The van der Waals surface area contributed by atoms with Crippen LogP contribution in [-0.2, 0) is 5.41 Å². The van der Waals surface area contributed by atoms with Gasteiger partial charge in [-0.3, -0.25) is 9.89 Å². The second-order valence-corrected chi connectivity index (χ2v) is 7.82. The van der Waals surface area contributed by atoms with E-state index >= 15 is 0 Å². The minimum absolute atomic E-state index is 0. The van der Waals surface area contributed by atoms with Crippen molar-refractivity contribution in [1.29, 1.82) is 0 Å². The molecule has 4 rings (SSSR count). The van der Waals surface area contributed by atoms with E-state index in [1.54, 1.807) is 6.07 Å². The molecule has 0 bridgehead atoms. The van der Waals surface area contributed by atoms with E-state index in [0.717, 1.165) is 44.0 Å². The van der Waals surface area contributed by atoms with E-state index in [1.807, 2.05) is 13.1 Å². The third-order valence-electron chi connectivity index (χ3n) is 6.21. The molecule has 3 aliphatic rings. The predicted octanol–water partition coefficient (Wildman–Crippen LogP) is 3.22. The quantitative estimate of drug-likeness (QED) is 0.415. The number of hydrogen-bond donors (Lipinski definition) is 1. The Balaban J connectivity index is 0.00000196. The largest absolute Gasteiger partial charge is 0.355 e. The smallest absolute Gasteiger partial charge is 0.193 e. The van der Waals surface area contributed by atoms with Crippen LogP contribution in [0.1, 0.15) is 37.7 Å². The van der Waals surface area contributed by atoms with Crippen molar-refractivity contribution in [3.05, 3.63) is 35.6 Å². The van der Waals surface area contributed by atoms with Crippen LogP contribution in [0.4, 0.5) is 4.39 Å². The fourth-order valence-electron chi connectivity index (χ4n) is 4.46. The Morgan fingerprint density at radius 1 is 1.27 bits per heavy atom. The molecule has 3 fully saturated rings. The molecule has 1 atom stereocenters. The summed E-state index contributed by atoms with van der Waals surface area (Å²) in [5.41, 5.74) is 1.21. The van der Waals surface area contributed by atoms with Gasteiger partial charge < -0.3 is 10.2 Å². The molecular weight excluding hydrogens is 442 g/mol. The van der Waals surface area contributed by atoms with Crippen LogP contribution in [0.2, 0.25) is 0 Å². The summed E-state index contributed by atoms with van der Waals surface area (Å²) in [5.74, 6) is 0.866. The Morgan fingerprint density at radius 3 is 2.69 bits per heavy atom. The standard InChI is InChI=1S/C20H29FN4.HI/c1-22-19(25-12-7-18(14-25)24-10-2-3-11-24)23-15-20(8-9-20)16-5-4-6-17(21)13-16;/h4-6,13,18H,2-3,7-12,14-15H2,1H3,(H,22,23);1H. The minimum atomic E-state index is -0.138. The molecule has 0 spiro atoms. The van der Waals surface area contributed by atoms with E-state index in [-0.39, 0.29) is 35.2 Å². The van der Waals surface area contributed by atoms with Gasteiger partial charge in [0.05, 0.1) is 0 Å². The van der Waals surface area contributed by atoms with Gasteiger partial charge in [0, 0.05) is 38.1 Å². The van der Waals surface area contributed by atoms with Crippen LogP contribution in [0.5, 0.6) is 0 Å². The zero-order valence-corrected chi connectivity index (χ0v) is 17.9. The first-order chi connectivity index (χ1) is 12.2. The molecule has 0 radical (unpaired) electrons. The molecule has 2 aliphatic heterocycles. The lowest BCUT2D eigenvalue weighted by atomic mass is 9.96. The Kier molecular flexibility index (Phi) is 6.43. The van der Waals surface area contributed by atoms with E-state index < -0.39 is 0 Å². The summed E-state index contributed by atoms with van der Waals surface area (Å²) in [6, 6.07) is 7.77. The van der Waals surface area contributed by atoms with Gasteiger partial charge in [0.2, 0.25) is 0 Å². The first kappa shape index (κ1) is 19.9. The van der Waals surface area contributed by atoms with Gasteiger partial charge in [-0.2, -0.15) is 0 Å². The number of halogens is 2. The summed E-state index contributed by atoms with van der Waals surface area (Å²) in [6.07, 6.45) is 6.17. The summed E-state index contributed by atoms with van der Waals surface area (Å²) in [5, 5.41) is 3.58. The van der Waals surface area contributed by atoms with Gasteiger partial charge in [-0.25, -0.2) is 4.39 Å². The number of likely N-dealkylation sites (tertiary alicyclic amines) is 2. The van der Waals surface area contributed by atoms with Crippen molar-refractivity contribution in [1.82, 2.24) is 15.1 Å². The molecule has 2 heterocycles. The number of aliphatic imine (C=N–C) groups is 1. The van der Waals surface area contributed by atoms with Crippen molar-refractivity contribution in [2.75, 3.05) is 39.8 Å². The fourth-order valence-corrected chi connectivity index (χ4v) is 4.46. The summed E-state index contributed by atoms with van der Waals surface area (Å²) < 4.78 is 13.6. The first-order valence-corrected chi connectivity index (χ1v) is 9.66. The van der Waals surface area contributed by atoms with E-state index in [1.165, 1.54) is 38.4 Å². The summed E-state index contributed by atoms with van der Waals surface area (Å²) >= 11 is 0. The van der Waals surface area contributed by atoms with Crippen molar-refractivity contribution in [3.8, 4) is 0 Å². The molecule has 1 aromatic rings. The number of nitrogens with zero attached hydrogens (tertiary/aromatic N) is 3. The third kappa shape index (κ3) is 4.16. The molecule has 4 nitrogen and oxygen atoms in total. The second-order valence-electron chi connectivity index (χ2n) is 7.82. The summed E-state index contributed by atoms with van der Waals surface area (Å²) in [7, 11) is 1.87. The van der Waals surface area contributed by atoms with E-state index in [9.17, 15) is 4.39 Å². The van der Waals surface area contributed by atoms with Crippen molar-refractivity contribution < 1.29 is 4.39 Å². The highest BCUT2D eigenvalue weighted by Crippen LogP contribution is 2.47. The molecule has 144 valence electrons. The molecule has 1 N–H and O–H groups in total. The highest BCUT2D eigenvalue weighted by Gasteiger charge is 2.44. The SMILES string of the molecule is CN=C(NCC1(c2cccc(F)c2)CC1)N1CCC(N2CCCC2)C1.I. The van der Waals surface area contributed by atoms with Gasteiger partial charge in [-0.05, 0) is 62.9 Å². The Hall–Kier alpha value is -0.890. The van der Waals surface area contributed by atoms with Crippen molar-refractivity contribution in [2.24, 2.45) is 4.99 Å². The van der Waals surface area contributed by atoms with Gasteiger partial charge in [0.15, 0.2) is 5.96 Å². The summed E-state index contributed by atoms with van der Waals surface area (Å²) in [6.45, 7) is 5.51. The van der Waals surface area contributed by atoms with Gasteiger partial charge in [0.25, 0.3) is 0 Å². The molecule has 1 unspecified atom stereocenters. The zero-order valence-electron chi connectivity index (χ0n) is 15.6. The Bertz CT molecular complexity index is 640. The number of nitrogens with one attached hydrogen (secondary N) is 1. The summed E-state index contributed by atoms with van der Waals surface area (Å²) in [4.78, 5) is 9.55. The number of guanidine groups is 1. The monoisotopic (exact) mass is 472 g/mol. The van der Waals surface area contributed by atoms with Crippen molar-refractivity contribution >= 4 is 29.9 Å². The molecule has 1 saturated carbocycles. The zero-order chi connectivity index (χ0) is 17.3. The van der Waals surface area contributed by atoms with Gasteiger partial charge >= 0.3 is 0 Å². The topological polar surface area (TPSA) is 30.9 Å². The van der Waals surface area contributed by atoms with Crippen LogP contribution in [0.3, 0.4) is 0 Å². The van der Waals surface area contributed by atoms with Crippen LogP contribution in [0.15, 0.2) is 29.3 Å². The molecule has 6 heteroatoms. The Labute approximate surface area is 173 Å².